The molecule has 1 N–H and O–H groups in total. The van der Waals surface area contributed by atoms with Gasteiger partial charge in [0.05, 0.1) is 7.11 Å². The monoisotopic (exact) mass is 451 g/mol. The summed E-state index contributed by atoms with van der Waals surface area (Å²) in [4.78, 5) is 2.52. The van der Waals surface area contributed by atoms with E-state index in [9.17, 15) is 5.11 Å². The summed E-state index contributed by atoms with van der Waals surface area (Å²) in [6, 6.07) is 26.7. The summed E-state index contributed by atoms with van der Waals surface area (Å²) in [5, 5.41) is 12.6. The molecule has 0 spiro atoms. The maximum Gasteiger partial charge on any atom is 0.123 e. The average molecular weight is 452 g/mol. The molecule has 1 aliphatic rings. The topological polar surface area (TPSA) is 32.7 Å². The third-order valence-electron chi connectivity index (χ3n) is 6.58. The Kier molecular flexibility index (Phi) is 8.36. The van der Waals surface area contributed by atoms with Crippen molar-refractivity contribution in [2.45, 2.75) is 37.7 Å². The minimum atomic E-state index is -1.16. The van der Waals surface area contributed by atoms with E-state index >= 15 is 0 Å². The molecule has 1 aliphatic heterocycles. The van der Waals surface area contributed by atoms with Gasteiger partial charge in [0, 0.05) is 12.5 Å². The number of aliphatic hydroxyl groups is 1. The molecular weight excluding hydrogens is 418 g/mol. The Morgan fingerprint density at radius 2 is 1.56 bits per heavy atom. The molecule has 0 saturated carbocycles. The lowest BCUT2D eigenvalue weighted by Crippen LogP contribution is -2.43. The maximum atomic E-state index is 12.6. The van der Waals surface area contributed by atoms with Gasteiger partial charge in [-0.25, -0.2) is 0 Å². The molecule has 4 heteroatoms. The van der Waals surface area contributed by atoms with Crippen LogP contribution in [0, 0.1) is 6.92 Å². The van der Waals surface area contributed by atoms with E-state index < -0.39 is 5.60 Å². The summed E-state index contributed by atoms with van der Waals surface area (Å²) >= 11 is 0. The molecule has 3 nitrogen and oxygen atoms in total. The van der Waals surface area contributed by atoms with Crippen molar-refractivity contribution in [1.29, 1.82) is 0 Å². The zero-order valence-corrected chi connectivity index (χ0v) is 19.9. The van der Waals surface area contributed by atoms with Crippen LogP contribution in [0.3, 0.4) is 0 Å². The third-order valence-corrected chi connectivity index (χ3v) is 6.58. The summed E-state index contributed by atoms with van der Waals surface area (Å²) in [5.41, 5.74) is 2.98. The first-order valence-electron chi connectivity index (χ1n) is 11.3. The minimum absolute atomic E-state index is 0. The van der Waals surface area contributed by atoms with E-state index in [1.54, 1.807) is 7.11 Å². The second-order valence-corrected chi connectivity index (χ2v) is 8.69. The molecule has 32 heavy (non-hydrogen) atoms. The van der Waals surface area contributed by atoms with Gasteiger partial charge in [-0.2, -0.15) is 0 Å². The standard InChI is InChI=1S/C28H33NO2.ClH/c1-22-10-9-13-25(20-22)28(30,24-14-16-26(31-2)17-15-24)27(23-11-5-3-6-12-23)21-29-18-7-4-8-19-29;/h3,5-6,9-17,20,27,30H,4,7-8,18-19,21H2,1-2H3;1H. The van der Waals surface area contributed by atoms with Crippen LogP contribution in [0.4, 0.5) is 0 Å². The number of hydrogen-bond donors (Lipinski definition) is 1. The lowest BCUT2D eigenvalue weighted by atomic mass is 9.72. The van der Waals surface area contributed by atoms with E-state index in [-0.39, 0.29) is 18.3 Å². The van der Waals surface area contributed by atoms with Gasteiger partial charge in [-0.1, -0.05) is 78.7 Å². The number of aryl methyl sites for hydroxylation is 1. The van der Waals surface area contributed by atoms with Gasteiger partial charge in [0.25, 0.3) is 0 Å². The average Bonchev–Trinajstić information content (AvgIpc) is 2.83. The Bertz CT molecular complexity index is 970. The molecule has 4 rings (SSSR count). The maximum absolute atomic E-state index is 12.6. The summed E-state index contributed by atoms with van der Waals surface area (Å²) in [7, 11) is 1.67. The van der Waals surface area contributed by atoms with Gasteiger partial charge in [0.15, 0.2) is 0 Å². The van der Waals surface area contributed by atoms with E-state index in [0.717, 1.165) is 47.6 Å². The van der Waals surface area contributed by atoms with Crippen LogP contribution in [0.5, 0.6) is 5.75 Å². The van der Waals surface area contributed by atoms with Crippen molar-refractivity contribution in [2.24, 2.45) is 0 Å². The smallest absolute Gasteiger partial charge is 0.123 e. The molecule has 0 radical (unpaired) electrons. The Balaban J connectivity index is 0.00000289. The van der Waals surface area contributed by atoms with Crippen molar-refractivity contribution in [1.82, 2.24) is 4.90 Å². The van der Waals surface area contributed by atoms with Crippen molar-refractivity contribution in [3.05, 3.63) is 101 Å². The fraction of sp³-hybridized carbons (Fsp3) is 0.357. The van der Waals surface area contributed by atoms with Gasteiger partial charge in [-0.3, -0.25) is 0 Å². The predicted octanol–water partition coefficient (Wildman–Crippen LogP) is 5.93. The zero-order valence-electron chi connectivity index (χ0n) is 19.0. The van der Waals surface area contributed by atoms with Crippen LogP contribution in [0.15, 0.2) is 78.9 Å². The number of methoxy groups -OCH3 is 1. The number of hydrogen-bond acceptors (Lipinski definition) is 3. The van der Waals surface area contributed by atoms with Gasteiger partial charge < -0.3 is 14.7 Å². The van der Waals surface area contributed by atoms with Gasteiger partial charge in [-0.15, -0.1) is 12.4 Å². The highest BCUT2D eigenvalue weighted by atomic mass is 35.5. The molecule has 0 aliphatic carbocycles. The summed E-state index contributed by atoms with van der Waals surface area (Å²) in [6.45, 7) is 5.09. The summed E-state index contributed by atoms with van der Waals surface area (Å²) < 4.78 is 5.38. The fourth-order valence-electron chi connectivity index (χ4n) is 4.86. The van der Waals surface area contributed by atoms with Crippen LogP contribution in [-0.2, 0) is 5.60 Å². The molecular formula is C28H34ClNO2. The number of piperidine rings is 1. The number of nitrogens with zero attached hydrogens (tertiary/aromatic N) is 1. The molecule has 170 valence electrons. The first kappa shape index (κ1) is 24.3. The number of ether oxygens (including phenoxy) is 1. The largest absolute Gasteiger partial charge is 0.497 e. The van der Waals surface area contributed by atoms with Gasteiger partial charge in [0.2, 0.25) is 0 Å². The van der Waals surface area contributed by atoms with Crippen molar-refractivity contribution in [3.63, 3.8) is 0 Å². The van der Waals surface area contributed by atoms with E-state index in [4.69, 9.17) is 4.74 Å². The predicted molar refractivity (Wildman–Crippen MR) is 134 cm³/mol. The Morgan fingerprint density at radius 1 is 0.875 bits per heavy atom. The number of likely N-dealkylation sites (tertiary alicyclic amines) is 1. The van der Waals surface area contributed by atoms with Crippen molar-refractivity contribution in [2.75, 3.05) is 26.7 Å². The second-order valence-electron chi connectivity index (χ2n) is 8.69. The number of benzene rings is 3. The molecule has 1 heterocycles. The van der Waals surface area contributed by atoms with Gasteiger partial charge in [-0.05, 0) is 61.7 Å². The Morgan fingerprint density at radius 3 is 2.19 bits per heavy atom. The highest BCUT2D eigenvalue weighted by molar-refractivity contribution is 5.85. The second kappa shape index (κ2) is 11.0. The first-order chi connectivity index (χ1) is 15.1. The fourth-order valence-corrected chi connectivity index (χ4v) is 4.86. The lowest BCUT2D eigenvalue weighted by molar-refractivity contribution is 0.0309. The highest BCUT2D eigenvalue weighted by Gasteiger charge is 2.42. The molecule has 0 aromatic heterocycles. The van der Waals surface area contributed by atoms with Crippen molar-refractivity contribution >= 4 is 12.4 Å². The van der Waals surface area contributed by atoms with Crippen LogP contribution in [0.1, 0.15) is 47.4 Å². The molecule has 0 bridgehead atoms. The minimum Gasteiger partial charge on any atom is -0.497 e. The molecule has 1 fully saturated rings. The third kappa shape index (κ3) is 5.17. The number of halogens is 1. The van der Waals surface area contributed by atoms with Gasteiger partial charge >= 0.3 is 0 Å². The summed E-state index contributed by atoms with van der Waals surface area (Å²) in [5.74, 6) is 0.699. The zero-order chi connectivity index (χ0) is 21.7. The molecule has 1 saturated heterocycles. The van der Waals surface area contributed by atoms with Crippen molar-refractivity contribution < 1.29 is 9.84 Å². The molecule has 3 aromatic rings. The van der Waals surface area contributed by atoms with E-state index in [1.165, 1.54) is 19.3 Å². The molecule has 2 unspecified atom stereocenters. The Labute approximate surface area is 198 Å². The van der Waals surface area contributed by atoms with E-state index in [0.29, 0.717) is 0 Å². The summed E-state index contributed by atoms with van der Waals surface area (Å²) in [6.07, 6.45) is 3.76. The van der Waals surface area contributed by atoms with E-state index in [2.05, 4.69) is 54.3 Å². The quantitative estimate of drug-likeness (QED) is 0.483. The Hall–Kier alpha value is -2.33. The van der Waals surface area contributed by atoms with Crippen LogP contribution < -0.4 is 4.74 Å². The first-order valence-corrected chi connectivity index (χ1v) is 11.3. The van der Waals surface area contributed by atoms with Crippen LogP contribution in [0.25, 0.3) is 0 Å². The molecule has 3 aromatic carbocycles. The van der Waals surface area contributed by atoms with Crippen LogP contribution in [0.2, 0.25) is 0 Å². The van der Waals surface area contributed by atoms with E-state index in [1.807, 2.05) is 36.4 Å². The molecule has 0 amide bonds. The van der Waals surface area contributed by atoms with Crippen LogP contribution >= 0.6 is 12.4 Å². The highest BCUT2D eigenvalue weighted by Crippen LogP contribution is 2.44. The number of rotatable bonds is 7. The van der Waals surface area contributed by atoms with Crippen LogP contribution in [-0.4, -0.2) is 36.8 Å². The van der Waals surface area contributed by atoms with Crippen molar-refractivity contribution in [3.8, 4) is 5.75 Å². The SMILES string of the molecule is COc1ccc(C(O)(c2cccc(C)c2)C(CN2CCCCC2)c2ccccc2)cc1.Cl. The molecule has 2 atom stereocenters. The normalized spacial score (nSPS) is 17.1. The van der Waals surface area contributed by atoms with Gasteiger partial charge in [0.1, 0.15) is 11.4 Å². The lowest BCUT2D eigenvalue weighted by Gasteiger charge is -2.41.